The number of fused-ring (bicyclic) bond motifs is 1. The van der Waals surface area contributed by atoms with Crippen LogP contribution in [0.2, 0.25) is 0 Å². The smallest absolute Gasteiger partial charge is 0.144 e. The zero-order valence-electron chi connectivity index (χ0n) is 10.7. The molecule has 0 N–H and O–H groups in total. The maximum absolute atomic E-state index is 13.3. The lowest BCUT2D eigenvalue weighted by atomic mass is 10.0. The Balaban J connectivity index is 2.38. The average molecular weight is 269 g/mol. The van der Waals surface area contributed by atoms with Gasteiger partial charge in [-0.2, -0.15) is 0 Å². The molecule has 0 radical (unpaired) electrons. The number of ether oxygens (including phenoxy) is 1. The average Bonchev–Trinajstić information content (AvgIpc) is 2.28. The summed E-state index contributed by atoms with van der Waals surface area (Å²) in [6.45, 7) is 6.07. The lowest BCUT2D eigenvalue weighted by Gasteiger charge is -2.22. The van der Waals surface area contributed by atoms with E-state index in [0.717, 1.165) is 0 Å². The lowest BCUT2D eigenvalue weighted by molar-refractivity contribution is 0.320. The quantitative estimate of drug-likeness (QED) is 0.736. The first kappa shape index (κ1) is 13.4. The highest BCUT2D eigenvalue weighted by molar-refractivity contribution is 7.91. The van der Waals surface area contributed by atoms with Gasteiger partial charge in [0.2, 0.25) is 0 Å². The first-order chi connectivity index (χ1) is 8.38. The third-order valence-electron chi connectivity index (χ3n) is 2.57. The molecule has 98 valence electrons. The summed E-state index contributed by atoms with van der Waals surface area (Å²) in [5.41, 5.74) is 1.27. The van der Waals surface area contributed by atoms with Crippen LogP contribution < -0.4 is 4.74 Å². The summed E-state index contributed by atoms with van der Waals surface area (Å²) in [4.78, 5) is 0. The van der Waals surface area contributed by atoms with Gasteiger partial charge in [0.05, 0.1) is 6.61 Å². The molecule has 0 aliphatic carbocycles. The van der Waals surface area contributed by atoms with Crippen molar-refractivity contribution in [2.75, 3.05) is 6.61 Å². The van der Waals surface area contributed by atoms with Crippen LogP contribution in [-0.2, 0) is 11.4 Å². The summed E-state index contributed by atoms with van der Waals surface area (Å²) in [5.74, 6) is 0.265. The van der Waals surface area contributed by atoms with Gasteiger partial charge in [0.1, 0.15) is 33.4 Å². The molecule has 1 aromatic rings. The van der Waals surface area contributed by atoms with Crippen LogP contribution in [0.3, 0.4) is 0 Å². The zero-order chi connectivity index (χ0) is 13.3. The summed E-state index contributed by atoms with van der Waals surface area (Å²) in [6.07, 6.45) is 0.554. The molecule has 0 aromatic heterocycles. The number of hydrogen-bond donors (Lipinski definition) is 0. The Morgan fingerprint density at radius 1 is 1.39 bits per heavy atom. The molecule has 3 nitrogen and oxygen atoms in total. The standard InChI is InChI=1S/C13H16FNO2S/c1-13(2,3)18(16)15-11-6-7-17-12-5-4-9(14)8-10(11)12/h4-5,8H,6-7H2,1-3H3/t18-/m0/s1. The molecule has 0 fully saturated rings. The van der Waals surface area contributed by atoms with E-state index in [0.29, 0.717) is 30.1 Å². The third-order valence-corrected chi connectivity index (χ3v) is 4.00. The van der Waals surface area contributed by atoms with Crippen molar-refractivity contribution in [3.05, 3.63) is 29.6 Å². The maximum Gasteiger partial charge on any atom is 0.144 e. The molecule has 18 heavy (non-hydrogen) atoms. The van der Waals surface area contributed by atoms with E-state index >= 15 is 0 Å². The van der Waals surface area contributed by atoms with Crippen molar-refractivity contribution in [1.82, 2.24) is 0 Å². The molecule has 1 heterocycles. The predicted molar refractivity (Wildman–Crippen MR) is 70.9 cm³/mol. The molecule has 2 rings (SSSR count). The van der Waals surface area contributed by atoms with E-state index in [-0.39, 0.29) is 5.82 Å². The van der Waals surface area contributed by atoms with Crippen molar-refractivity contribution in [1.29, 1.82) is 0 Å². The highest BCUT2D eigenvalue weighted by Crippen LogP contribution is 2.28. The van der Waals surface area contributed by atoms with E-state index in [1.807, 2.05) is 20.8 Å². The van der Waals surface area contributed by atoms with Crippen molar-refractivity contribution in [2.45, 2.75) is 31.9 Å². The minimum Gasteiger partial charge on any atom is -0.591 e. The molecule has 1 aromatic carbocycles. The molecule has 1 aliphatic heterocycles. The highest BCUT2D eigenvalue weighted by Gasteiger charge is 2.29. The minimum absolute atomic E-state index is 0.339. The summed E-state index contributed by atoms with van der Waals surface area (Å²) in [5, 5.41) is 0. The Bertz CT molecular complexity index is 482. The fourth-order valence-electron chi connectivity index (χ4n) is 1.58. The molecule has 5 heteroatoms. The molecular weight excluding hydrogens is 253 g/mol. The summed E-state index contributed by atoms with van der Waals surface area (Å²) in [6, 6.07) is 4.31. The monoisotopic (exact) mass is 269 g/mol. The Hall–Kier alpha value is -1.07. The number of halogens is 1. The van der Waals surface area contributed by atoms with Gasteiger partial charge in [0, 0.05) is 12.0 Å². The first-order valence-electron chi connectivity index (χ1n) is 5.80. The second kappa shape index (κ2) is 4.90. The second-order valence-electron chi connectivity index (χ2n) is 5.14. The SMILES string of the molecule is CC(C)(C)[S@+]([O-])N=C1CCOc2ccc(F)cc21. The summed E-state index contributed by atoms with van der Waals surface area (Å²) >= 11 is -1.34. The van der Waals surface area contributed by atoms with Crippen molar-refractivity contribution in [3.63, 3.8) is 0 Å². The fraction of sp³-hybridized carbons (Fsp3) is 0.462. The van der Waals surface area contributed by atoms with Gasteiger partial charge >= 0.3 is 0 Å². The Labute approximate surface area is 109 Å². The predicted octanol–water partition coefficient (Wildman–Crippen LogP) is 2.86. The topological polar surface area (TPSA) is 44.7 Å². The Morgan fingerprint density at radius 3 is 2.78 bits per heavy atom. The van der Waals surface area contributed by atoms with Gasteiger partial charge in [-0.15, -0.1) is 0 Å². The van der Waals surface area contributed by atoms with E-state index in [2.05, 4.69) is 4.40 Å². The van der Waals surface area contributed by atoms with Gasteiger partial charge in [-0.05, 0) is 39.0 Å². The van der Waals surface area contributed by atoms with Crippen molar-refractivity contribution >= 4 is 17.1 Å². The van der Waals surface area contributed by atoms with Gasteiger partial charge in [-0.3, -0.25) is 0 Å². The van der Waals surface area contributed by atoms with Crippen LogP contribution in [0.15, 0.2) is 22.6 Å². The zero-order valence-corrected chi connectivity index (χ0v) is 11.5. The molecular formula is C13H16FNO2S. The van der Waals surface area contributed by atoms with Crippen molar-refractivity contribution in [3.8, 4) is 5.75 Å². The lowest BCUT2D eigenvalue weighted by Crippen LogP contribution is -2.28. The molecule has 0 spiro atoms. The molecule has 1 atom stereocenters. The number of nitrogens with zero attached hydrogens (tertiary/aromatic N) is 1. The second-order valence-corrected chi connectivity index (χ2v) is 7.04. The molecule has 0 bridgehead atoms. The molecule has 1 aliphatic rings. The molecule has 0 unspecified atom stereocenters. The number of hydrogen-bond acceptors (Lipinski definition) is 3. The molecule has 0 saturated carbocycles. The Morgan fingerprint density at radius 2 is 2.11 bits per heavy atom. The van der Waals surface area contributed by atoms with Crippen LogP contribution in [0.25, 0.3) is 0 Å². The van der Waals surface area contributed by atoms with E-state index in [4.69, 9.17) is 4.74 Å². The molecule has 0 saturated heterocycles. The number of rotatable bonds is 1. The normalized spacial score (nSPS) is 19.3. The Kier molecular flexibility index (Phi) is 3.64. The van der Waals surface area contributed by atoms with Crippen LogP contribution in [0.4, 0.5) is 4.39 Å². The molecule has 0 amide bonds. The van der Waals surface area contributed by atoms with Crippen LogP contribution in [0.5, 0.6) is 5.75 Å². The van der Waals surface area contributed by atoms with Gasteiger partial charge in [-0.1, -0.05) is 4.40 Å². The van der Waals surface area contributed by atoms with Crippen molar-refractivity contribution < 1.29 is 13.7 Å². The summed E-state index contributed by atoms with van der Waals surface area (Å²) in [7, 11) is 0. The van der Waals surface area contributed by atoms with Crippen molar-refractivity contribution in [2.24, 2.45) is 4.40 Å². The van der Waals surface area contributed by atoms with Crippen LogP contribution in [-0.4, -0.2) is 21.6 Å². The van der Waals surface area contributed by atoms with Crippen LogP contribution in [0, 0.1) is 5.82 Å². The van der Waals surface area contributed by atoms with Gasteiger partial charge in [0.15, 0.2) is 0 Å². The highest BCUT2D eigenvalue weighted by atomic mass is 32.2. The van der Waals surface area contributed by atoms with Crippen LogP contribution >= 0.6 is 0 Å². The van der Waals surface area contributed by atoms with Gasteiger partial charge < -0.3 is 9.29 Å². The third kappa shape index (κ3) is 2.84. The van der Waals surface area contributed by atoms with E-state index in [9.17, 15) is 8.94 Å². The maximum atomic E-state index is 13.3. The van der Waals surface area contributed by atoms with Crippen LogP contribution in [0.1, 0.15) is 32.8 Å². The minimum atomic E-state index is -1.34. The fourth-order valence-corrected chi connectivity index (χ4v) is 2.24. The largest absolute Gasteiger partial charge is 0.591 e. The van der Waals surface area contributed by atoms with Gasteiger partial charge in [0.25, 0.3) is 0 Å². The first-order valence-corrected chi connectivity index (χ1v) is 6.91. The number of benzene rings is 1. The summed E-state index contributed by atoms with van der Waals surface area (Å²) < 4.78 is 34.5. The van der Waals surface area contributed by atoms with E-state index in [1.54, 1.807) is 6.07 Å². The van der Waals surface area contributed by atoms with E-state index in [1.165, 1.54) is 12.1 Å². The van der Waals surface area contributed by atoms with Gasteiger partial charge in [-0.25, -0.2) is 4.39 Å². The van der Waals surface area contributed by atoms with E-state index < -0.39 is 16.1 Å².